The van der Waals surface area contributed by atoms with Crippen molar-refractivity contribution in [3.05, 3.63) is 65.7 Å². The minimum atomic E-state index is -1.03. The Labute approximate surface area is 140 Å². The number of aliphatic hydroxyl groups excluding tert-OH is 1. The molecule has 5 heteroatoms. The Morgan fingerprint density at radius 2 is 2.00 bits per heavy atom. The molecule has 5 nitrogen and oxygen atoms in total. The van der Waals surface area contributed by atoms with E-state index in [0.717, 1.165) is 16.7 Å². The van der Waals surface area contributed by atoms with Crippen molar-refractivity contribution in [3.63, 3.8) is 0 Å². The number of carbonyl (C=O) groups is 1. The van der Waals surface area contributed by atoms with E-state index in [1.54, 1.807) is 32.2 Å². The van der Waals surface area contributed by atoms with Crippen molar-refractivity contribution in [3.8, 4) is 11.5 Å². The number of amides is 1. The lowest BCUT2D eigenvalue weighted by atomic mass is 9.95. The van der Waals surface area contributed by atoms with Crippen LogP contribution in [0.3, 0.4) is 0 Å². The highest BCUT2D eigenvalue weighted by Gasteiger charge is 2.22. The quantitative estimate of drug-likeness (QED) is 0.905. The average molecular weight is 325 g/mol. The number of hydrogen-bond acceptors (Lipinski definition) is 4. The number of aliphatic hydroxyl groups is 1. The van der Waals surface area contributed by atoms with Gasteiger partial charge < -0.3 is 19.9 Å². The number of likely N-dealkylation sites (N-methyl/N-ethyl adjacent to an activating group) is 1. The largest absolute Gasteiger partial charge is 0.481 e. The zero-order valence-electron chi connectivity index (χ0n) is 13.5. The lowest BCUT2D eigenvalue weighted by Crippen LogP contribution is -2.33. The second-order valence-corrected chi connectivity index (χ2v) is 5.49. The highest BCUT2D eigenvalue weighted by molar-refractivity contribution is 5.84. The molecule has 2 N–H and O–H groups in total. The molecule has 1 amide bonds. The molecule has 0 saturated heterocycles. The fourth-order valence-electron chi connectivity index (χ4n) is 2.62. The molecule has 1 aliphatic heterocycles. The standard InChI is InChI=1S/C19H19NO4/c1-12(19(22)20-2)23-14-8-9-15-16(13-6-4-3-5-7-13)11-18(21)24-17(15)10-14/h3-12,18,21H,1-2H3,(H,20,22). The van der Waals surface area contributed by atoms with Crippen LogP contribution in [0.5, 0.6) is 11.5 Å². The van der Waals surface area contributed by atoms with Crippen molar-refractivity contribution in [1.82, 2.24) is 5.32 Å². The van der Waals surface area contributed by atoms with Gasteiger partial charge in [-0.1, -0.05) is 30.3 Å². The first-order chi connectivity index (χ1) is 11.6. The molecule has 2 unspecified atom stereocenters. The van der Waals surface area contributed by atoms with E-state index in [1.165, 1.54) is 0 Å². The van der Waals surface area contributed by atoms with Crippen LogP contribution in [-0.2, 0) is 4.79 Å². The van der Waals surface area contributed by atoms with Gasteiger partial charge in [0.2, 0.25) is 6.29 Å². The molecule has 0 bridgehead atoms. The van der Waals surface area contributed by atoms with E-state index >= 15 is 0 Å². The molecule has 0 aliphatic carbocycles. The van der Waals surface area contributed by atoms with Gasteiger partial charge in [0, 0.05) is 18.7 Å². The van der Waals surface area contributed by atoms with Gasteiger partial charge in [-0.25, -0.2) is 0 Å². The van der Waals surface area contributed by atoms with Crippen LogP contribution >= 0.6 is 0 Å². The molecule has 2 aromatic carbocycles. The van der Waals surface area contributed by atoms with E-state index in [-0.39, 0.29) is 5.91 Å². The number of nitrogens with one attached hydrogen (secondary N) is 1. The van der Waals surface area contributed by atoms with E-state index in [9.17, 15) is 9.90 Å². The molecule has 1 heterocycles. The molecular weight excluding hydrogens is 306 g/mol. The molecule has 24 heavy (non-hydrogen) atoms. The van der Waals surface area contributed by atoms with Crippen molar-refractivity contribution in [2.75, 3.05) is 7.05 Å². The number of carbonyl (C=O) groups excluding carboxylic acids is 1. The maximum atomic E-state index is 11.6. The summed E-state index contributed by atoms with van der Waals surface area (Å²) in [5.41, 5.74) is 2.76. The Hall–Kier alpha value is -2.79. The molecule has 2 atom stereocenters. The van der Waals surface area contributed by atoms with Crippen molar-refractivity contribution in [2.45, 2.75) is 19.3 Å². The molecule has 1 aliphatic rings. The Kier molecular flexibility index (Phi) is 4.53. The number of hydrogen-bond donors (Lipinski definition) is 2. The van der Waals surface area contributed by atoms with Crippen molar-refractivity contribution >= 4 is 11.5 Å². The third-order valence-corrected chi connectivity index (χ3v) is 3.81. The zero-order valence-corrected chi connectivity index (χ0v) is 13.5. The number of rotatable bonds is 4. The number of ether oxygens (including phenoxy) is 2. The molecule has 3 rings (SSSR count). The molecule has 124 valence electrons. The maximum absolute atomic E-state index is 11.6. The van der Waals surface area contributed by atoms with Gasteiger partial charge in [0.1, 0.15) is 11.5 Å². The van der Waals surface area contributed by atoms with Gasteiger partial charge >= 0.3 is 0 Å². The van der Waals surface area contributed by atoms with E-state index < -0.39 is 12.4 Å². The summed E-state index contributed by atoms with van der Waals surface area (Å²) in [4.78, 5) is 11.6. The Bertz CT molecular complexity index is 770. The average Bonchev–Trinajstić information content (AvgIpc) is 2.60. The Morgan fingerprint density at radius 1 is 1.25 bits per heavy atom. The summed E-state index contributed by atoms with van der Waals surface area (Å²) in [5, 5.41) is 12.5. The van der Waals surface area contributed by atoms with Gasteiger partial charge in [0.25, 0.3) is 5.91 Å². The van der Waals surface area contributed by atoms with E-state index in [2.05, 4.69) is 5.32 Å². The van der Waals surface area contributed by atoms with Gasteiger partial charge in [-0.05, 0) is 36.3 Å². The smallest absolute Gasteiger partial charge is 0.260 e. The van der Waals surface area contributed by atoms with Crippen LogP contribution in [0.1, 0.15) is 18.1 Å². The predicted octanol–water partition coefficient (Wildman–Crippen LogP) is 2.34. The summed E-state index contributed by atoms with van der Waals surface area (Å²) in [6, 6.07) is 15.1. The fourth-order valence-corrected chi connectivity index (χ4v) is 2.62. The highest BCUT2D eigenvalue weighted by Crippen LogP contribution is 2.37. The van der Waals surface area contributed by atoms with Crippen LogP contribution in [0.25, 0.3) is 5.57 Å². The van der Waals surface area contributed by atoms with Crippen LogP contribution < -0.4 is 14.8 Å². The van der Waals surface area contributed by atoms with E-state index in [1.807, 2.05) is 36.4 Å². The lowest BCUT2D eigenvalue weighted by Gasteiger charge is -2.23. The van der Waals surface area contributed by atoms with Crippen LogP contribution in [0, 0.1) is 0 Å². The Balaban J connectivity index is 1.92. The van der Waals surface area contributed by atoms with Gasteiger partial charge in [0.15, 0.2) is 6.10 Å². The first kappa shape index (κ1) is 16.1. The second-order valence-electron chi connectivity index (χ2n) is 5.49. The third kappa shape index (κ3) is 3.26. The van der Waals surface area contributed by atoms with Gasteiger partial charge in [-0.3, -0.25) is 4.79 Å². The molecular formula is C19H19NO4. The molecule has 2 aromatic rings. The van der Waals surface area contributed by atoms with Crippen molar-refractivity contribution < 1.29 is 19.4 Å². The third-order valence-electron chi connectivity index (χ3n) is 3.81. The van der Waals surface area contributed by atoms with E-state index in [0.29, 0.717) is 11.5 Å². The van der Waals surface area contributed by atoms with Crippen LogP contribution in [0.2, 0.25) is 0 Å². The maximum Gasteiger partial charge on any atom is 0.260 e. The minimum absolute atomic E-state index is 0.210. The van der Waals surface area contributed by atoms with E-state index in [4.69, 9.17) is 9.47 Å². The topological polar surface area (TPSA) is 67.8 Å². The first-order valence-electron chi connectivity index (χ1n) is 7.73. The minimum Gasteiger partial charge on any atom is -0.481 e. The SMILES string of the molecule is CNC(=O)C(C)Oc1ccc2c(c1)OC(O)C=C2c1ccccc1. The molecule has 0 saturated carbocycles. The van der Waals surface area contributed by atoms with Crippen LogP contribution in [0.15, 0.2) is 54.6 Å². The van der Waals surface area contributed by atoms with Gasteiger partial charge in [-0.15, -0.1) is 0 Å². The monoisotopic (exact) mass is 325 g/mol. The summed E-state index contributed by atoms with van der Waals surface area (Å²) >= 11 is 0. The van der Waals surface area contributed by atoms with Crippen molar-refractivity contribution in [1.29, 1.82) is 0 Å². The zero-order chi connectivity index (χ0) is 17.1. The van der Waals surface area contributed by atoms with Crippen LogP contribution in [-0.4, -0.2) is 30.5 Å². The summed E-state index contributed by atoms with van der Waals surface area (Å²) in [5.74, 6) is 0.815. The van der Waals surface area contributed by atoms with Gasteiger partial charge in [0.05, 0.1) is 0 Å². The molecule has 0 radical (unpaired) electrons. The first-order valence-corrected chi connectivity index (χ1v) is 7.73. The number of benzene rings is 2. The summed E-state index contributed by atoms with van der Waals surface area (Å²) in [7, 11) is 1.56. The predicted molar refractivity (Wildman–Crippen MR) is 90.8 cm³/mol. The molecule has 0 spiro atoms. The lowest BCUT2D eigenvalue weighted by molar-refractivity contribution is -0.126. The molecule has 0 aromatic heterocycles. The Morgan fingerprint density at radius 3 is 2.71 bits per heavy atom. The van der Waals surface area contributed by atoms with Gasteiger partial charge in [-0.2, -0.15) is 0 Å². The second kappa shape index (κ2) is 6.76. The highest BCUT2D eigenvalue weighted by atomic mass is 16.6. The summed E-state index contributed by atoms with van der Waals surface area (Å²) in [6.07, 6.45) is 0.0238. The number of fused-ring (bicyclic) bond motifs is 1. The van der Waals surface area contributed by atoms with Crippen molar-refractivity contribution in [2.24, 2.45) is 0 Å². The summed E-state index contributed by atoms with van der Waals surface area (Å²) in [6.45, 7) is 1.67. The normalized spacial score (nSPS) is 17.1. The van der Waals surface area contributed by atoms with Crippen LogP contribution in [0.4, 0.5) is 0 Å². The molecule has 0 fully saturated rings. The fraction of sp³-hybridized carbons (Fsp3) is 0.211. The summed E-state index contributed by atoms with van der Waals surface area (Å²) < 4.78 is 11.1.